The Balaban J connectivity index is 0. The summed E-state index contributed by atoms with van der Waals surface area (Å²) in [7, 11) is 0. The Hall–Kier alpha value is -1.51. The van der Waals surface area contributed by atoms with Crippen molar-refractivity contribution in [3.8, 4) is 0 Å². The molecule has 0 aliphatic heterocycles. The molecular weight excluding hydrogens is 178 g/mol. The highest BCUT2D eigenvalue weighted by Gasteiger charge is 1.99. The molecule has 3 heteroatoms. The van der Waals surface area contributed by atoms with Gasteiger partial charge in [-0.1, -0.05) is 33.8 Å². The molecule has 3 N–H and O–H groups in total. The van der Waals surface area contributed by atoms with Gasteiger partial charge < -0.3 is 10.8 Å². The molecule has 1 aromatic carbocycles. The number of carboxylic acids is 1. The molecule has 0 fully saturated rings. The summed E-state index contributed by atoms with van der Waals surface area (Å²) in [6.07, 6.45) is 0. The van der Waals surface area contributed by atoms with Gasteiger partial charge >= 0.3 is 5.97 Å². The summed E-state index contributed by atoms with van der Waals surface area (Å²) < 4.78 is 0. The lowest BCUT2D eigenvalue weighted by molar-refractivity contribution is 0.0697. The van der Waals surface area contributed by atoms with E-state index in [0.717, 1.165) is 0 Å². The van der Waals surface area contributed by atoms with E-state index < -0.39 is 5.97 Å². The van der Waals surface area contributed by atoms with Gasteiger partial charge in [-0.2, -0.15) is 0 Å². The van der Waals surface area contributed by atoms with Gasteiger partial charge in [-0.3, -0.25) is 0 Å². The zero-order valence-electron chi connectivity index (χ0n) is 9.24. The van der Waals surface area contributed by atoms with Crippen LogP contribution in [-0.2, 0) is 0 Å². The highest BCUT2D eigenvalue weighted by molar-refractivity contribution is 5.88. The first kappa shape index (κ1) is 15.0. The molecule has 0 radical (unpaired) electrons. The first-order valence-corrected chi connectivity index (χ1v) is 4.79. The molecule has 0 aliphatic rings. The topological polar surface area (TPSA) is 63.3 Å². The molecule has 0 atom stereocenters. The molecule has 14 heavy (non-hydrogen) atoms. The third kappa shape index (κ3) is 6.06. The summed E-state index contributed by atoms with van der Waals surface area (Å²) in [6.45, 7) is 8.00. The van der Waals surface area contributed by atoms with Crippen LogP contribution < -0.4 is 5.73 Å². The highest BCUT2D eigenvalue weighted by Crippen LogP contribution is 2.05. The molecule has 80 valence electrons. The maximum absolute atomic E-state index is 10.3. The second-order valence-corrected chi connectivity index (χ2v) is 1.93. The summed E-state index contributed by atoms with van der Waals surface area (Å²) in [6, 6.07) is 6.17. The fraction of sp³-hybridized carbons (Fsp3) is 0.364. The average Bonchev–Trinajstić information content (AvgIpc) is 2.24. The summed E-state index contributed by atoms with van der Waals surface area (Å²) >= 11 is 0. The fourth-order valence-electron chi connectivity index (χ4n) is 0.672. The summed E-state index contributed by atoms with van der Waals surface area (Å²) in [5, 5.41) is 8.45. The van der Waals surface area contributed by atoms with E-state index in [0.29, 0.717) is 5.69 Å². The molecule has 0 aromatic heterocycles. The molecule has 0 spiro atoms. The molecule has 0 heterocycles. The minimum absolute atomic E-state index is 0.222. The molecule has 0 unspecified atom stereocenters. The molecule has 0 aliphatic carbocycles. The van der Waals surface area contributed by atoms with Gasteiger partial charge in [-0.15, -0.1) is 0 Å². The number of hydrogen-bond donors (Lipinski definition) is 2. The van der Waals surface area contributed by atoms with Gasteiger partial charge in [0.2, 0.25) is 0 Å². The van der Waals surface area contributed by atoms with Crippen LogP contribution in [-0.4, -0.2) is 11.1 Å². The van der Waals surface area contributed by atoms with Gasteiger partial charge in [0.1, 0.15) is 0 Å². The van der Waals surface area contributed by atoms with Crippen molar-refractivity contribution < 1.29 is 9.90 Å². The van der Waals surface area contributed by atoms with E-state index in [2.05, 4.69) is 0 Å². The molecule has 0 saturated heterocycles. The molecule has 0 amide bonds. The summed E-state index contributed by atoms with van der Waals surface area (Å²) in [5.41, 5.74) is 6.03. The third-order valence-corrected chi connectivity index (χ3v) is 1.13. The van der Waals surface area contributed by atoms with Crippen LogP contribution in [0, 0.1) is 0 Å². The standard InChI is InChI=1S/C7H7NO2.2C2H6/c8-6-3-1-2-5(4-6)7(9)10;2*1-2/h1-4H,8H2,(H,9,10);2*1-2H3. The fourth-order valence-corrected chi connectivity index (χ4v) is 0.672. The van der Waals surface area contributed by atoms with Crippen molar-refractivity contribution in [3.63, 3.8) is 0 Å². The van der Waals surface area contributed by atoms with Crippen LogP contribution in [0.25, 0.3) is 0 Å². The third-order valence-electron chi connectivity index (χ3n) is 1.13. The smallest absolute Gasteiger partial charge is 0.335 e. The van der Waals surface area contributed by atoms with Crippen LogP contribution in [0.1, 0.15) is 38.1 Å². The van der Waals surface area contributed by atoms with Crippen LogP contribution >= 0.6 is 0 Å². The van der Waals surface area contributed by atoms with E-state index in [1.165, 1.54) is 12.1 Å². The van der Waals surface area contributed by atoms with Crippen LogP contribution in [0.3, 0.4) is 0 Å². The van der Waals surface area contributed by atoms with Crippen molar-refractivity contribution in [2.45, 2.75) is 27.7 Å². The van der Waals surface area contributed by atoms with E-state index >= 15 is 0 Å². The maximum atomic E-state index is 10.3. The Morgan fingerprint density at radius 1 is 1.21 bits per heavy atom. The summed E-state index contributed by atoms with van der Waals surface area (Å²) in [4.78, 5) is 10.3. The normalized spacial score (nSPS) is 7.43. The second-order valence-electron chi connectivity index (χ2n) is 1.93. The molecular formula is C11H19NO2. The number of anilines is 1. The van der Waals surface area contributed by atoms with Crippen molar-refractivity contribution in [2.75, 3.05) is 5.73 Å². The van der Waals surface area contributed by atoms with Gasteiger partial charge in [-0.05, 0) is 18.2 Å². The monoisotopic (exact) mass is 197 g/mol. The Morgan fingerprint density at radius 2 is 1.71 bits per heavy atom. The lowest BCUT2D eigenvalue weighted by Crippen LogP contribution is -1.96. The predicted octanol–water partition coefficient (Wildman–Crippen LogP) is 3.02. The number of nitrogen functional groups attached to an aromatic ring is 1. The number of rotatable bonds is 1. The van der Waals surface area contributed by atoms with Gasteiger partial charge in [0.25, 0.3) is 0 Å². The van der Waals surface area contributed by atoms with Gasteiger partial charge in [0.05, 0.1) is 5.56 Å². The quantitative estimate of drug-likeness (QED) is 0.680. The van der Waals surface area contributed by atoms with Crippen molar-refractivity contribution >= 4 is 11.7 Å². The minimum atomic E-state index is -0.952. The minimum Gasteiger partial charge on any atom is -0.478 e. The largest absolute Gasteiger partial charge is 0.478 e. The van der Waals surface area contributed by atoms with Crippen LogP contribution in [0.2, 0.25) is 0 Å². The van der Waals surface area contributed by atoms with Gasteiger partial charge in [0, 0.05) is 5.69 Å². The Morgan fingerprint density at radius 3 is 2.00 bits per heavy atom. The first-order valence-electron chi connectivity index (χ1n) is 4.79. The van der Waals surface area contributed by atoms with Gasteiger partial charge in [0.15, 0.2) is 0 Å². The zero-order chi connectivity index (χ0) is 11.6. The molecule has 0 saturated carbocycles. The van der Waals surface area contributed by atoms with Crippen molar-refractivity contribution in [2.24, 2.45) is 0 Å². The zero-order valence-corrected chi connectivity index (χ0v) is 9.24. The number of nitrogens with two attached hydrogens (primary N) is 1. The number of aromatic carboxylic acids is 1. The van der Waals surface area contributed by atoms with E-state index in [4.69, 9.17) is 10.8 Å². The lowest BCUT2D eigenvalue weighted by atomic mass is 10.2. The Bertz CT molecular complexity index is 259. The predicted molar refractivity (Wildman–Crippen MR) is 60.5 cm³/mol. The molecule has 1 aromatic rings. The second kappa shape index (κ2) is 9.58. The maximum Gasteiger partial charge on any atom is 0.335 e. The number of hydrogen-bond acceptors (Lipinski definition) is 2. The SMILES string of the molecule is CC.CC.Nc1cccc(C(=O)O)c1. The van der Waals surface area contributed by atoms with E-state index in [1.807, 2.05) is 27.7 Å². The van der Waals surface area contributed by atoms with Crippen LogP contribution in [0.15, 0.2) is 24.3 Å². The van der Waals surface area contributed by atoms with Crippen molar-refractivity contribution in [1.82, 2.24) is 0 Å². The van der Waals surface area contributed by atoms with Crippen molar-refractivity contribution in [1.29, 1.82) is 0 Å². The average molecular weight is 197 g/mol. The highest BCUT2D eigenvalue weighted by atomic mass is 16.4. The van der Waals surface area contributed by atoms with E-state index in [-0.39, 0.29) is 5.56 Å². The number of benzene rings is 1. The molecule has 0 bridgehead atoms. The number of carboxylic acid groups (broad SMARTS) is 1. The molecule has 1 rings (SSSR count). The van der Waals surface area contributed by atoms with Gasteiger partial charge in [-0.25, -0.2) is 4.79 Å². The first-order chi connectivity index (χ1) is 6.70. The lowest BCUT2D eigenvalue weighted by Gasteiger charge is -1.93. The number of carbonyl (C=O) groups is 1. The van der Waals surface area contributed by atoms with E-state index in [1.54, 1.807) is 12.1 Å². The summed E-state index contributed by atoms with van der Waals surface area (Å²) in [5.74, 6) is -0.952. The van der Waals surface area contributed by atoms with Crippen molar-refractivity contribution in [3.05, 3.63) is 29.8 Å². The molecule has 3 nitrogen and oxygen atoms in total. The van der Waals surface area contributed by atoms with Crippen LogP contribution in [0.4, 0.5) is 5.69 Å². The van der Waals surface area contributed by atoms with E-state index in [9.17, 15) is 4.79 Å². The Kier molecular flexibility index (Phi) is 10.3. The Labute approximate surface area is 85.6 Å². The van der Waals surface area contributed by atoms with Crippen LogP contribution in [0.5, 0.6) is 0 Å².